The van der Waals surface area contributed by atoms with E-state index >= 15 is 0 Å². The molecular weight excluding hydrogens is 184 g/mol. The lowest BCUT2D eigenvalue weighted by Gasteiger charge is -2.14. The summed E-state index contributed by atoms with van der Waals surface area (Å²) in [6.45, 7) is 0. The van der Waals surface area contributed by atoms with Gasteiger partial charge in [0.2, 0.25) is 0 Å². The van der Waals surface area contributed by atoms with Crippen molar-refractivity contribution in [3.63, 3.8) is 0 Å². The van der Waals surface area contributed by atoms with Crippen molar-refractivity contribution in [3.8, 4) is 0 Å². The third kappa shape index (κ3) is 1.87. The van der Waals surface area contributed by atoms with Crippen LogP contribution in [0.5, 0.6) is 0 Å². The van der Waals surface area contributed by atoms with Crippen LogP contribution in [0.2, 0.25) is 5.02 Å². The molecule has 0 heterocycles. The summed E-state index contributed by atoms with van der Waals surface area (Å²) in [6, 6.07) is 7.81. The molecule has 0 spiro atoms. The van der Waals surface area contributed by atoms with Crippen LogP contribution < -0.4 is 0 Å². The standard InChI is InChI=1S/C11H13ClO/c12-9-6-4-8(5-7-9)10-2-1-3-11(10)13/h4-7,10-11,13H,1-3H2/t10-,11-/m1/s1. The monoisotopic (exact) mass is 196 g/mol. The van der Waals surface area contributed by atoms with Gasteiger partial charge in [0.05, 0.1) is 6.10 Å². The van der Waals surface area contributed by atoms with Crippen LogP contribution in [0.4, 0.5) is 0 Å². The number of aliphatic hydroxyl groups is 1. The number of aliphatic hydroxyl groups excluding tert-OH is 1. The SMILES string of the molecule is O[C@@H]1CCC[C@@H]1c1ccc(Cl)cc1. The van der Waals surface area contributed by atoms with E-state index in [0.717, 1.165) is 24.3 Å². The van der Waals surface area contributed by atoms with Crippen LogP contribution in [0.15, 0.2) is 24.3 Å². The van der Waals surface area contributed by atoms with Crippen molar-refractivity contribution in [2.45, 2.75) is 31.3 Å². The average molecular weight is 197 g/mol. The molecule has 1 N–H and O–H groups in total. The fourth-order valence-electron chi connectivity index (χ4n) is 2.04. The van der Waals surface area contributed by atoms with Crippen molar-refractivity contribution in [2.75, 3.05) is 0 Å². The second kappa shape index (κ2) is 3.69. The third-order valence-corrected chi connectivity index (χ3v) is 3.03. The minimum atomic E-state index is -0.152. The first-order chi connectivity index (χ1) is 6.27. The van der Waals surface area contributed by atoms with Crippen molar-refractivity contribution < 1.29 is 5.11 Å². The normalized spacial score (nSPS) is 27.8. The molecule has 70 valence electrons. The molecule has 1 nitrogen and oxygen atoms in total. The Labute approximate surface area is 83.3 Å². The van der Waals surface area contributed by atoms with Gasteiger partial charge < -0.3 is 5.11 Å². The number of hydrogen-bond acceptors (Lipinski definition) is 1. The highest BCUT2D eigenvalue weighted by Gasteiger charge is 2.26. The molecule has 0 saturated heterocycles. The molecule has 1 fully saturated rings. The third-order valence-electron chi connectivity index (χ3n) is 2.78. The second-order valence-electron chi connectivity index (χ2n) is 3.66. The number of rotatable bonds is 1. The summed E-state index contributed by atoms with van der Waals surface area (Å²) in [4.78, 5) is 0. The average Bonchev–Trinajstić information content (AvgIpc) is 2.53. The number of hydrogen-bond donors (Lipinski definition) is 1. The molecule has 2 rings (SSSR count). The van der Waals surface area contributed by atoms with E-state index in [0.29, 0.717) is 5.92 Å². The van der Waals surface area contributed by atoms with E-state index in [-0.39, 0.29) is 6.10 Å². The highest BCUT2D eigenvalue weighted by Crippen LogP contribution is 2.34. The summed E-state index contributed by atoms with van der Waals surface area (Å²) in [7, 11) is 0. The molecule has 0 amide bonds. The van der Waals surface area contributed by atoms with E-state index in [1.807, 2.05) is 24.3 Å². The molecule has 1 aliphatic carbocycles. The van der Waals surface area contributed by atoms with Crippen LogP contribution in [0.3, 0.4) is 0 Å². The Bertz CT molecular complexity index is 281. The molecule has 2 atom stereocenters. The Balaban J connectivity index is 2.20. The molecule has 1 aromatic carbocycles. The quantitative estimate of drug-likeness (QED) is 0.732. The molecule has 1 saturated carbocycles. The summed E-state index contributed by atoms with van der Waals surface area (Å²) in [5, 5.41) is 10.4. The van der Waals surface area contributed by atoms with Gasteiger partial charge in [-0.3, -0.25) is 0 Å². The van der Waals surface area contributed by atoms with E-state index < -0.39 is 0 Å². The van der Waals surface area contributed by atoms with Gasteiger partial charge in [0, 0.05) is 10.9 Å². The van der Waals surface area contributed by atoms with Crippen molar-refractivity contribution in [2.24, 2.45) is 0 Å². The van der Waals surface area contributed by atoms with Gasteiger partial charge in [-0.05, 0) is 30.5 Å². The molecule has 0 bridgehead atoms. The van der Waals surface area contributed by atoms with Gasteiger partial charge in [0.1, 0.15) is 0 Å². The van der Waals surface area contributed by atoms with Gasteiger partial charge in [-0.2, -0.15) is 0 Å². The summed E-state index contributed by atoms with van der Waals surface area (Å²) in [6.07, 6.45) is 3.02. The maximum Gasteiger partial charge on any atom is 0.0608 e. The van der Waals surface area contributed by atoms with Crippen molar-refractivity contribution in [1.29, 1.82) is 0 Å². The Morgan fingerprint density at radius 3 is 2.38 bits per heavy atom. The second-order valence-corrected chi connectivity index (χ2v) is 4.09. The summed E-state index contributed by atoms with van der Waals surface area (Å²) in [5.74, 6) is 0.331. The molecule has 0 aliphatic heterocycles. The topological polar surface area (TPSA) is 20.2 Å². The lowest BCUT2D eigenvalue weighted by atomic mass is 9.96. The summed E-state index contributed by atoms with van der Waals surface area (Å²) in [5.41, 5.74) is 1.22. The minimum Gasteiger partial charge on any atom is -0.392 e. The van der Waals surface area contributed by atoms with Crippen molar-refractivity contribution in [1.82, 2.24) is 0 Å². The van der Waals surface area contributed by atoms with Crippen LogP contribution in [0, 0.1) is 0 Å². The first-order valence-corrected chi connectivity index (χ1v) is 5.09. The van der Waals surface area contributed by atoms with Gasteiger partial charge in [0.25, 0.3) is 0 Å². The van der Waals surface area contributed by atoms with Crippen LogP contribution >= 0.6 is 11.6 Å². The lowest BCUT2D eigenvalue weighted by Crippen LogP contribution is -2.10. The largest absolute Gasteiger partial charge is 0.392 e. The van der Waals surface area contributed by atoms with Gasteiger partial charge in [-0.25, -0.2) is 0 Å². The lowest BCUT2D eigenvalue weighted by molar-refractivity contribution is 0.164. The Hall–Kier alpha value is -0.530. The Kier molecular flexibility index (Phi) is 2.56. The van der Waals surface area contributed by atoms with Gasteiger partial charge >= 0.3 is 0 Å². The maximum atomic E-state index is 9.68. The zero-order chi connectivity index (χ0) is 9.26. The Morgan fingerprint density at radius 1 is 1.15 bits per heavy atom. The zero-order valence-corrected chi connectivity index (χ0v) is 8.17. The van der Waals surface area contributed by atoms with Crippen molar-refractivity contribution in [3.05, 3.63) is 34.9 Å². The highest BCUT2D eigenvalue weighted by molar-refractivity contribution is 6.30. The van der Waals surface area contributed by atoms with Gasteiger partial charge in [-0.1, -0.05) is 30.2 Å². The van der Waals surface area contributed by atoms with Gasteiger partial charge in [0.15, 0.2) is 0 Å². The van der Waals surface area contributed by atoms with Crippen molar-refractivity contribution >= 4 is 11.6 Å². The predicted octanol–water partition coefficient (Wildman–Crippen LogP) is 2.97. The Morgan fingerprint density at radius 2 is 1.85 bits per heavy atom. The number of benzene rings is 1. The zero-order valence-electron chi connectivity index (χ0n) is 7.41. The van der Waals surface area contributed by atoms with Gasteiger partial charge in [-0.15, -0.1) is 0 Å². The smallest absolute Gasteiger partial charge is 0.0608 e. The summed E-state index contributed by atoms with van der Waals surface area (Å²) >= 11 is 5.79. The highest BCUT2D eigenvalue weighted by atomic mass is 35.5. The van der Waals surface area contributed by atoms with E-state index in [9.17, 15) is 5.11 Å². The van der Waals surface area contributed by atoms with Crippen LogP contribution in [0.1, 0.15) is 30.7 Å². The molecule has 1 aromatic rings. The summed E-state index contributed by atoms with van der Waals surface area (Å²) < 4.78 is 0. The fourth-order valence-corrected chi connectivity index (χ4v) is 2.17. The fraction of sp³-hybridized carbons (Fsp3) is 0.455. The minimum absolute atomic E-state index is 0.152. The van der Waals surface area contributed by atoms with E-state index in [1.54, 1.807) is 0 Å². The maximum absolute atomic E-state index is 9.68. The van der Waals surface area contributed by atoms with Crippen LogP contribution in [-0.2, 0) is 0 Å². The van der Waals surface area contributed by atoms with E-state index in [4.69, 9.17) is 11.6 Å². The van der Waals surface area contributed by atoms with Crippen LogP contribution in [0.25, 0.3) is 0 Å². The molecule has 0 unspecified atom stereocenters. The van der Waals surface area contributed by atoms with E-state index in [2.05, 4.69) is 0 Å². The first-order valence-electron chi connectivity index (χ1n) is 4.71. The predicted molar refractivity (Wildman–Crippen MR) is 54.1 cm³/mol. The molecule has 1 aliphatic rings. The molecule has 13 heavy (non-hydrogen) atoms. The van der Waals surface area contributed by atoms with Crippen LogP contribution in [-0.4, -0.2) is 11.2 Å². The molecule has 2 heteroatoms. The van der Waals surface area contributed by atoms with E-state index in [1.165, 1.54) is 5.56 Å². The molecule has 0 aromatic heterocycles. The molecular formula is C11H13ClO. The molecule has 0 radical (unpaired) electrons. The number of halogens is 1. The first kappa shape index (κ1) is 9.04.